The molecule has 0 aromatic carbocycles. The monoisotopic (exact) mass is 234 g/mol. The maximum Gasteiger partial charge on any atom is 0.215 e. The Kier molecular flexibility index (Phi) is 3.12. The second kappa shape index (κ2) is 4.42. The van der Waals surface area contributed by atoms with Crippen molar-refractivity contribution in [3.8, 4) is 18.2 Å². The lowest BCUT2D eigenvalue weighted by Gasteiger charge is -2.26. The Labute approximate surface area is 102 Å². The minimum absolute atomic E-state index is 0.00808. The Morgan fingerprint density at radius 2 is 2.41 bits per heavy atom. The van der Waals surface area contributed by atoms with Crippen LogP contribution in [0.3, 0.4) is 0 Å². The summed E-state index contributed by atoms with van der Waals surface area (Å²) in [5, 5.41) is 4.34. The highest BCUT2D eigenvalue weighted by Gasteiger charge is 2.28. The average Bonchev–Trinajstić information content (AvgIpc) is 2.68. The summed E-state index contributed by atoms with van der Waals surface area (Å²) in [6.07, 6.45) is 7.03. The summed E-state index contributed by atoms with van der Waals surface area (Å²) in [6, 6.07) is 0. The number of terminal acetylenes is 1. The maximum atomic E-state index is 5.74. The zero-order valence-electron chi connectivity index (χ0n) is 10.6. The van der Waals surface area contributed by atoms with Crippen LogP contribution >= 0.6 is 0 Å². The molecule has 4 heteroatoms. The van der Waals surface area contributed by atoms with E-state index >= 15 is 0 Å². The van der Waals surface area contributed by atoms with Crippen LogP contribution in [0, 0.1) is 12.3 Å². The van der Waals surface area contributed by atoms with Gasteiger partial charge in [0.05, 0.1) is 12.7 Å². The predicted octanol–water partition coefficient (Wildman–Crippen LogP) is 1.59. The zero-order chi connectivity index (χ0) is 12.5. The SMILES string of the molecule is C#CCOC1COc2c(C(C)(C)C)cnn2C1. The summed E-state index contributed by atoms with van der Waals surface area (Å²) in [5.74, 6) is 3.32. The van der Waals surface area contributed by atoms with Gasteiger partial charge in [-0.25, -0.2) is 4.68 Å². The van der Waals surface area contributed by atoms with Crippen molar-refractivity contribution in [3.63, 3.8) is 0 Å². The van der Waals surface area contributed by atoms with Crippen LogP contribution in [0.15, 0.2) is 6.20 Å². The van der Waals surface area contributed by atoms with Crippen molar-refractivity contribution in [1.29, 1.82) is 0 Å². The van der Waals surface area contributed by atoms with Gasteiger partial charge in [-0.2, -0.15) is 5.10 Å². The highest BCUT2D eigenvalue weighted by atomic mass is 16.5. The van der Waals surface area contributed by atoms with Crippen molar-refractivity contribution in [1.82, 2.24) is 9.78 Å². The Morgan fingerprint density at radius 3 is 3.06 bits per heavy atom. The molecule has 0 saturated heterocycles. The molecule has 0 amide bonds. The molecule has 0 N–H and O–H groups in total. The lowest BCUT2D eigenvalue weighted by atomic mass is 9.89. The molecule has 4 nitrogen and oxygen atoms in total. The first-order valence-electron chi connectivity index (χ1n) is 5.76. The number of fused-ring (bicyclic) bond motifs is 1. The van der Waals surface area contributed by atoms with Crippen LogP contribution in [0.5, 0.6) is 5.88 Å². The van der Waals surface area contributed by atoms with E-state index in [1.807, 2.05) is 10.9 Å². The fourth-order valence-corrected chi connectivity index (χ4v) is 1.86. The van der Waals surface area contributed by atoms with E-state index < -0.39 is 0 Å². The standard InChI is InChI=1S/C13H18N2O2/c1-5-6-16-10-8-15-12(17-9-10)11(7-14-15)13(2,3)4/h1,7,10H,6,8-9H2,2-4H3. The quantitative estimate of drug-likeness (QED) is 0.729. The predicted molar refractivity (Wildman–Crippen MR) is 65.0 cm³/mol. The first-order valence-corrected chi connectivity index (χ1v) is 5.76. The normalized spacial score (nSPS) is 19.3. The average molecular weight is 234 g/mol. The van der Waals surface area contributed by atoms with Crippen molar-refractivity contribution in [2.24, 2.45) is 0 Å². The lowest BCUT2D eigenvalue weighted by molar-refractivity contribution is 0.00214. The molecule has 0 fully saturated rings. The third kappa shape index (κ3) is 2.45. The molecule has 2 rings (SSSR count). The summed E-state index contributed by atoms with van der Waals surface area (Å²) in [7, 11) is 0. The lowest BCUT2D eigenvalue weighted by Crippen LogP contribution is -2.33. The fourth-order valence-electron chi connectivity index (χ4n) is 1.86. The van der Waals surface area contributed by atoms with E-state index in [9.17, 15) is 0 Å². The second-order valence-electron chi connectivity index (χ2n) is 5.24. The van der Waals surface area contributed by atoms with E-state index in [4.69, 9.17) is 15.9 Å². The van der Waals surface area contributed by atoms with Crippen LogP contribution < -0.4 is 4.74 Å². The van der Waals surface area contributed by atoms with Crippen LogP contribution in [0.1, 0.15) is 26.3 Å². The summed E-state index contributed by atoms with van der Waals surface area (Å²) in [4.78, 5) is 0. The van der Waals surface area contributed by atoms with Gasteiger partial charge in [0, 0.05) is 5.56 Å². The summed E-state index contributed by atoms with van der Waals surface area (Å²) < 4.78 is 13.1. The van der Waals surface area contributed by atoms with Gasteiger partial charge < -0.3 is 9.47 Å². The molecule has 92 valence electrons. The molecular formula is C13H18N2O2. The number of hydrogen-bond donors (Lipinski definition) is 0. The van der Waals surface area contributed by atoms with E-state index in [1.165, 1.54) is 0 Å². The molecule has 1 aliphatic rings. The largest absolute Gasteiger partial charge is 0.475 e. The van der Waals surface area contributed by atoms with Crippen molar-refractivity contribution >= 4 is 0 Å². The molecule has 0 saturated carbocycles. The Hall–Kier alpha value is -1.47. The number of nitrogens with zero attached hydrogens (tertiary/aromatic N) is 2. The Morgan fingerprint density at radius 1 is 1.65 bits per heavy atom. The van der Waals surface area contributed by atoms with E-state index in [0.29, 0.717) is 19.8 Å². The zero-order valence-corrected chi connectivity index (χ0v) is 10.6. The minimum atomic E-state index is -0.00808. The van der Waals surface area contributed by atoms with E-state index in [1.54, 1.807) is 0 Å². The van der Waals surface area contributed by atoms with Gasteiger partial charge in [-0.3, -0.25) is 0 Å². The van der Waals surface area contributed by atoms with Gasteiger partial charge in [0.25, 0.3) is 0 Å². The van der Waals surface area contributed by atoms with Crippen molar-refractivity contribution < 1.29 is 9.47 Å². The van der Waals surface area contributed by atoms with Gasteiger partial charge in [0.1, 0.15) is 19.3 Å². The minimum Gasteiger partial charge on any atom is -0.475 e. The molecule has 1 aromatic rings. The molecule has 1 aliphatic heterocycles. The molecular weight excluding hydrogens is 216 g/mol. The topological polar surface area (TPSA) is 36.3 Å². The van der Waals surface area contributed by atoms with Crippen LogP contribution in [-0.4, -0.2) is 29.1 Å². The Balaban J connectivity index is 2.14. The van der Waals surface area contributed by atoms with Gasteiger partial charge in [0.2, 0.25) is 5.88 Å². The number of ether oxygens (including phenoxy) is 2. The number of rotatable bonds is 2. The van der Waals surface area contributed by atoms with Gasteiger partial charge in [-0.05, 0) is 5.41 Å². The first kappa shape index (κ1) is 12.0. The maximum absolute atomic E-state index is 5.74. The van der Waals surface area contributed by atoms with Crippen LogP contribution in [0.2, 0.25) is 0 Å². The highest BCUT2D eigenvalue weighted by molar-refractivity contribution is 5.32. The van der Waals surface area contributed by atoms with Crippen LogP contribution in [0.4, 0.5) is 0 Å². The molecule has 0 radical (unpaired) electrons. The summed E-state index contributed by atoms with van der Waals surface area (Å²) in [5.41, 5.74) is 1.17. The van der Waals surface area contributed by atoms with Crippen molar-refractivity contribution in [2.75, 3.05) is 13.2 Å². The smallest absolute Gasteiger partial charge is 0.215 e. The molecule has 0 spiro atoms. The van der Waals surface area contributed by atoms with Crippen molar-refractivity contribution in [3.05, 3.63) is 11.8 Å². The molecule has 17 heavy (non-hydrogen) atoms. The second-order valence-corrected chi connectivity index (χ2v) is 5.24. The molecule has 1 atom stereocenters. The third-order valence-electron chi connectivity index (χ3n) is 2.78. The van der Waals surface area contributed by atoms with Gasteiger partial charge in [0.15, 0.2) is 0 Å². The molecule has 2 heterocycles. The molecule has 1 aromatic heterocycles. The third-order valence-corrected chi connectivity index (χ3v) is 2.78. The number of hydrogen-bond acceptors (Lipinski definition) is 3. The molecule has 0 aliphatic carbocycles. The Bertz CT molecular complexity index is 437. The molecule has 1 unspecified atom stereocenters. The van der Waals surface area contributed by atoms with E-state index in [0.717, 1.165) is 11.4 Å². The van der Waals surface area contributed by atoms with E-state index in [-0.39, 0.29) is 11.5 Å². The first-order chi connectivity index (χ1) is 8.02. The summed E-state index contributed by atoms with van der Waals surface area (Å²) >= 11 is 0. The van der Waals surface area contributed by atoms with Gasteiger partial charge in [-0.15, -0.1) is 6.42 Å². The highest BCUT2D eigenvalue weighted by Crippen LogP contribution is 2.33. The van der Waals surface area contributed by atoms with Crippen LogP contribution in [-0.2, 0) is 16.7 Å². The summed E-state index contributed by atoms with van der Waals surface area (Å²) in [6.45, 7) is 8.00. The number of aromatic nitrogens is 2. The van der Waals surface area contributed by atoms with Gasteiger partial charge in [-0.1, -0.05) is 26.7 Å². The van der Waals surface area contributed by atoms with Crippen molar-refractivity contribution in [2.45, 2.75) is 38.8 Å². The van der Waals surface area contributed by atoms with E-state index in [2.05, 4.69) is 31.8 Å². The van der Waals surface area contributed by atoms with Crippen LogP contribution in [0.25, 0.3) is 0 Å². The van der Waals surface area contributed by atoms with Gasteiger partial charge >= 0.3 is 0 Å². The fraction of sp³-hybridized carbons (Fsp3) is 0.615. The molecule has 0 bridgehead atoms.